The van der Waals surface area contributed by atoms with E-state index in [0.29, 0.717) is 6.54 Å². The number of ether oxygens (including phenoxy) is 1. The minimum absolute atomic E-state index is 0.00427. The van der Waals surface area contributed by atoms with E-state index in [1.54, 1.807) is 12.1 Å². The lowest BCUT2D eigenvalue weighted by Crippen LogP contribution is -2.34. The summed E-state index contributed by atoms with van der Waals surface area (Å²) in [7, 11) is -1.79. The van der Waals surface area contributed by atoms with E-state index in [9.17, 15) is 13.5 Å². The highest BCUT2D eigenvalue weighted by atomic mass is 32.2. The number of hydrogen-bond donors (Lipinski definition) is 2. The molecule has 0 aromatic heterocycles. The largest absolute Gasteiger partial charge is 0.491 e. The highest BCUT2D eigenvalue weighted by Crippen LogP contribution is 2.21. The molecule has 2 aromatic carbocycles. The molecular weight excluding hydrogens is 364 g/mol. The molecule has 6 nitrogen and oxygen atoms in total. The topological polar surface area (TPSA) is 92.9 Å². The summed E-state index contributed by atoms with van der Waals surface area (Å²) >= 11 is 0. The molecule has 2 aromatic rings. The van der Waals surface area contributed by atoms with Crippen LogP contribution in [0.3, 0.4) is 0 Å². The van der Waals surface area contributed by atoms with Crippen molar-refractivity contribution in [2.24, 2.45) is 5.14 Å². The Morgan fingerprint density at radius 1 is 1.11 bits per heavy atom. The van der Waals surface area contributed by atoms with E-state index in [-0.39, 0.29) is 17.5 Å². The maximum Gasteiger partial charge on any atom is 0.238 e. The molecule has 0 heterocycles. The van der Waals surface area contributed by atoms with Crippen molar-refractivity contribution in [3.8, 4) is 5.75 Å². The number of aryl methyl sites for hydroxylation is 2. The highest BCUT2D eigenvalue weighted by Gasteiger charge is 2.17. The zero-order valence-corrected chi connectivity index (χ0v) is 17.0. The Kier molecular flexibility index (Phi) is 7.00. The SMILES string of the molecule is Cc1cc(C)cc(OCC(O)CN(C)C(C)c2ccc(S(N)(=O)=O)cc2)c1. The number of aliphatic hydroxyl groups excluding tert-OH is 1. The van der Waals surface area contributed by atoms with Crippen molar-refractivity contribution in [3.63, 3.8) is 0 Å². The molecule has 0 amide bonds. The van der Waals surface area contributed by atoms with Gasteiger partial charge in [0.1, 0.15) is 18.5 Å². The van der Waals surface area contributed by atoms with E-state index in [4.69, 9.17) is 9.88 Å². The van der Waals surface area contributed by atoms with Crippen molar-refractivity contribution in [1.29, 1.82) is 0 Å². The number of benzene rings is 2. The third-order valence-electron chi connectivity index (χ3n) is 4.49. The van der Waals surface area contributed by atoms with Crippen LogP contribution in [0.2, 0.25) is 0 Å². The summed E-state index contributed by atoms with van der Waals surface area (Å²) in [6.45, 7) is 6.62. The molecule has 148 valence electrons. The molecule has 0 aliphatic heterocycles. The fourth-order valence-corrected chi connectivity index (χ4v) is 3.46. The predicted octanol–water partition coefficient (Wildman–Crippen LogP) is 2.38. The smallest absolute Gasteiger partial charge is 0.238 e. The number of aliphatic hydroxyl groups is 1. The molecule has 0 aliphatic carbocycles. The molecule has 2 atom stereocenters. The van der Waals surface area contributed by atoms with Gasteiger partial charge in [-0.05, 0) is 68.8 Å². The average Bonchev–Trinajstić information content (AvgIpc) is 2.58. The summed E-state index contributed by atoms with van der Waals surface area (Å²) in [4.78, 5) is 2.07. The van der Waals surface area contributed by atoms with Gasteiger partial charge in [-0.25, -0.2) is 13.6 Å². The zero-order valence-electron chi connectivity index (χ0n) is 16.2. The first kappa shape index (κ1) is 21.4. The third kappa shape index (κ3) is 6.32. The summed E-state index contributed by atoms with van der Waals surface area (Å²) in [6.07, 6.45) is -0.651. The molecule has 3 N–H and O–H groups in total. The number of nitrogens with zero attached hydrogens (tertiary/aromatic N) is 1. The Morgan fingerprint density at radius 2 is 1.67 bits per heavy atom. The highest BCUT2D eigenvalue weighted by molar-refractivity contribution is 7.89. The quantitative estimate of drug-likeness (QED) is 0.719. The average molecular weight is 393 g/mol. The lowest BCUT2D eigenvalue weighted by Gasteiger charge is -2.27. The van der Waals surface area contributed by atoms with Gasteiger partial charge in [-0.1, -0.05) is 18.2 Å². The van der Waals surface area contributed by atoms with Gasteiger partial charge in [0.05, 0.1) is 4.90 Å². The van der Waals surface area contributed by atoms with Crippen molar-refractivity contribution >= 4 is 10.0 Å². The molecule has 7 heteroatoms. The van der Waals surface area contributed by atoms with Crippen LogP contribution >= 0.6 is 0 Å². The molecule has 0 spiro atoms. The molecule has 0 aliphatic rings. The van der Waals surface area contributed by atoms with Crippen LogP contribution in [0.1, 0.15) is 29.7 Å². The van der Waals surface area contributed by atoms with Crippen molar-refractivity contribution in [2.75, 3.05) is 20.2 Å². The minimum Gasteiger partial charge on any atom is -0.491 e. The minimum atomic E-state index is -3.69. The van der Waals surface area contributed by atoms with Crippen LogP contribution in [0.5, 0.6) is 5.75 Å². The van der Waals surface area contributed by atoms with Crippen molar-refractivity contribution in [1.82, 2.24) is 4.90 Å². The van der Waals surface area contributed by atoms with Crippen molar-refractivity contribution < 1.29 is 18.3 Å². The van der Waals surface area contributed by atoms with Gasteiger partial charge in [0, 0.05) is 12.6 Å². The number of likely N-dealkylation sites (N-methyl/N-ethyl adjacent to an activating group) is 1. The molecule has 2 rings (SSSR count). The molecule has 0 fully saturated rings. The van der Waals surface area contributed by atoms with E-state index >= 15 is 0 Å². The predicted molar refractivity (Wildman–Crippen MR) is 106 cm³/mol. The first-order valence-electron chi connectivity index (χ1n) is 8.78. The number of primary sulfonamides is 1. The first-order valence-corrected chi connectivity index (χ1v) is 10.3. The molecule has 0 bridgehead atoms. The number of nitrogens with two attached hydrogens (primary N) is 1. The summed E-state index contributed by atoms with van der Waals surface area (Å²) in [5.41, 5.74) is 3.17. The summed E-state index contributed by atoms with van der Waals surface area (Å²) in [5.74, 6) is 0.751. The Bertz CT molecular complexity index is 846. The van der Waals surface area contributed by atoms with Crippen LogP contribution in [0, 0.1) is 13.8 Å². The van der Waals surface area contributed by atoms with Gasteiger partial charge in [0.25, 0.3) is 0 Å². The van der Waals surface area contributed by atoms with Crippen LogP contribution < -0.4 is 9.88 Å². The van der Waals surface area contributed by atoms with Crippen molar-refractivity contribution in [3.05, 3.63) is 59.2 Å². The molecule has 0 radical (unpaired) electrons. The van der Waals surface area contributed by atoms with Gasteiger partial charge < -0.3 is 9.84 Å². The molecule has 0 saturated heterocycles. The van der Waals surface area contributed by atoms with E-state index < -0.39 is 16.1 Å². The fraction of sp³-hybridized carbons (Fsp3) is 0.400. The van der Waals surface area contributed by atoms with Crippen LogP contribution in [-0.4, -0.2) is 44.7 Å². The van der Waals surface area contributed by atoms with Crippen LogP contribution in [0.25, 0.3) is 0 Å². The van der Waals surface area contributed by atoms with Gasteiger partial charge in [-0.3, -0.25) is 4.90 Å². The third-order valence-corrected chi connectivity index (χ3v) is 5.42. The standard InChI is InChI=1S/C20H28N2O4S/c1-14-9-15(2)11-19(10-14)26-13-18(23)12-22(4)16(3)17-5-7-20(8-6-17)27(21,24)25/h5-11,16,18,23H,12-13H2,1-4H3,(H2,21,24,25). The normalized spacial score (nSPS) is 14.2. The summed E-state index contributed by atoms with van der Waals surface area (Å²) in [5, 5.41) is 15.4. The molecule has 2 unspecified atom stereocenters. The Morgan fingerprint density at radius 3 is 2.19 bits per heavy atom. The van der Waals surface area contributed by atoms with Gasteiger partial charge in [0.2, 0.25) is 10.0 Å². The number of rotatable bonds is 8. The molecular formula is C20H28N2O4S. The van der Waals surface area contributed by atoms with E-state index in [2.05, 4.69) is 6.07 Å². The van der Waals surface area contributed by atoms with E-state index in [0.717, 1.165) is 22.4 Å². The van der Waals surface area contributed by atoms with Gasteiger partial charge in [-0.15, -0.1) is 0 Å². The Labute approximate surface area is 161 Å². The van der Waals surface area contributed by atoms with Crippen molar-refractivity contribution in [2.45, 2.75) is 37.8 Å². The van der Waals surface area contributed by atoms with Gasteiger partial charge in [0.15, 0.2) is 0 Å². The van der Waals surface area contributed by atoms with Crippen LogP contribution in [-0.2, 0) is 10.0 Å². The van der Waals surface area contributed by atoms with Crippen LogP contribution in [0.4, 0.5) is 0 Å². The maximum absolute atomic E-state index is 11.3. The second-order valence-electron chi connectivity index (χ2n) is 7.02. The summed E-state index contributed by atoms with van der Waals surface area (Å²) < 4.78 is 28.4. The van der Waals surface area contributed by atoms with E-state index in [1.807, 2.05) is 44.9 Å². The Balaban J connectivity index is 1.92. The monoisotopic (exact) mass is 392 g/mol. The summed E-state index contributed by atoms with van der Waals surface area (Å²) in [6, 6.07) is 12.4. The number of sulfonamides is 1. The van der Waals surface area contributed by atoms with Crippen LogP contribution in [0.15, 0.2) is 47.4 Å². The Hall–Kier alpha value is -1.93. The molecule has 27 heavy (non-hydrogen) atoms. The number of hydrogen-bond acceptors (Lipinski definition) is 5. The van der Waals surface area contributed by atoms with E-state index in [1.165, 1.54) is 12.1 Å². The second kappa shape index (κ2) is 8.84. The van der Waals surface area contributed by atoms with Gasteiger partial charge >= 0.3 is 0 Å². The zero-order chi connectivity index (χ0) is 20.2. The maximum atomic E-state index is 11.3. The van der Waals surface area contributed by atoms with Gasteiger partial charge in [-0.2, -0.15) is 0 Å². The second-order valence-corrected chi connectivity index (χ2v) is 8.58. The lowest BCUT2D eigenvalue weighted by atomic mass is 10.1. The fourth-order valence-electron chi connectivity index (χ4n) is 2.94. The lowest BCUT2D eigenvalue weighted by molar-refractivity contribution is 0.0653. The first-order chi connectivity index (χ1) is 12.6. The molecule has 0 saturated carbocycles.